The summed E-state index contributed by atoms with van der Waals surface area (Å²) in [6, 6.07) is 4.02. The van der Waals surface area contributed by atoms with Gasteiger partial charge < -0.3 is 14.6 Å². The molecule has 1 aliphatic heterocycles. The predicted octanol–water partition coefficient (Wildman–Crippen LogP) is 2.46. The molecule has 3 nitrogen and oxygen atoms in total. The normalized spacial score (nSPS) is 15.6. The van der Waals surface area contributed by atoms with Gasteiger partial charge in [-0.2, -0.15) is 0 Å². The van der Waals surface area contributed by atoms with Crippen LogP contribution in [0, 0.1) is 0 Å². The molecule has 3 heteroatoms. The van der Waals surface area contributed by atoms with Crippen LogP contribution in [0.5, 0.6) is 11.5 Å². The highest BCUT2D eigenvalue weighted by atomic mass is 16.7. The van der Waals surface area contributed by atoms with Crippen molar-refractivity contribution in [1.29, 1.82) is 0 Å². The average Bonchev–Trinajstić information content (AvgIpc) is 2.62. The van der Waals surface area contributed by atoms with Crippen molar-refractivity contribution in [2.75, 3.05) is 6.79 Å². The van der Waals surface area contributed by atoms with Gasteiger partial charge in [-0.15, -0.1) is 0 Å². The van der Waals surface area contributed by atoms with E-state index in [2.05, 4.69) is 13.8 Å². The molecule has 1 aromatic carbocycles. The molecule has 0 saturated carbocycles. The van der Waals surface area contributed by atoms with Crippen LogP contribution in [0.25, 0.3) is 0 Å². The lowest BCUT2D eigenvalue weighted by Gasteiger charge is -2.15. The standard InChI is InChI=1S/C13H18O3/c1-8(2)11-6-13-12(15-7-16-13)5-10(11)4-9(3)14/h5-6,8-9,14H,4,7H2,1-3H3. The van der Waals surface area contributed by atoms with E-state index < -0.39 is 0 Å². The zero-order valence-electron chi connectivity index (χ0n) is 9.99. The van der Waals surface area contributed by atoms with Crippen molar-refractivity contribution in [3.8, 4) is 11.5 Å². The Morgan fingerprint density at radius 2 is 1.81 bits per heavy atom. The van der Waals surface area contributed by atoms with Gasteiger partial charge in [-0.25, -0.2) is 0 Å². The van der Waals surface area contributed by atoms with Crippen molar-refractivity contribution in [2.24, 2.45) is 0 Å². The fourth-order valence-electron chi connectivity index (χ4n) is 2.03. The minimum Gasteiger partial charge on any atom is -0.454 e. The molecule has 1 heterocycles. The van der Waals surface area contributed by atoms with Gasteiger partial charge in [0.1, 0.15) is 0 Å². The van der Waals surface area contributed by atoms with E-state index in [-0.39, 0.29) is 6.10 Å². The van der Waals surface area contributed by atoms with Gasteiger partial charge in [-0.1, -0.05) is 13.8 Å². The van der Waals surface area contributed by atoms with Crippen LogP contribution in [0.3, 0.4) is 0 Å². The Kier molecular flexibility index (Phi) is 3.06. The molecule has 0 amide bonds. The van der Waals surface area contributed by atoms with E-state index in [1.807, 2.05) is 12.1 Å². The minimum absolute atomic E-state index is 0.297. The highest BCUT2D eigenvalue weighted by Gasteiger charge is 2.19. The van der Waals surface area contributed by atoms with E-state index in [1.54, 1.807) is 6.92 Å². The molecule has 1 unspecified atom stereocenters. The second kappa shape index (κ2) is 4.34. The Balaban J connectivity index is 2.40. The molecule has 16 heavy (non-hydrogen) atoms. The van der Waals surface area contributed by atoms with Gasteiger partial charge in [0.05, 0.1) is 6.10 Å². The molecule has 1 aliphatic rings. The number of hydrogen-bond acceptors (Lipinski definition) is 3. The molecule has 1 N–H and O–H groups in total. The lowest BCUT2D eigenvalue weighted by molar-refractivity contribution is 0.174. The number of aliphatic hydroxyl groups is 1. The second-order valence-electron chi connectivity index (χ2n) is 4.61. The Bertz CT molecular complexity index is 383. The Morgan fingerprint density at radius 3 is 2.38 bits per heavy atom. The molecule has 0 spiro atoms. The van der Waals surface area contributed by atoms with Gasteiger partial charge in [0, 0.05) is 0 Å². The number of rotatable bonds is 3. The molecule has 0 saturated heterocycles. The first kappa shape index (κ1) is 11.3. The second-order valence-corrected chi connectivity index (χ2v) is 4.61. The fraction of sp³-hybridized carbons (Fsp3) is 0.538. The highest BCUT2D eigenvalue weighted by molar-refractivity contribution is 5.49. The molecule has 0 aliphatic carbocycles. The first-order valence-corrected chi connectivity index (χ1v) is 5.68. The third kappa shape index (κ3) is 2.14. The number of ether oxygens (including phenoxy) is 2. The van der Waals surface area contributed by atoms with E-state index in [1.165, 1.54) is 5.56 Å². The van der Waals surface area contributed by atoms with E-state index in [0.29, 0.717) is 19.1 Å². The van der Waals surface area contributed by atoms with Gasteiger partial charge in [-0.05, 0) is 42.5 Å². The topological polar surface area (TPSA) is 38.7 Å². The summed E-state index contributed by atoms with van der Waals surface area (Å²) in [5.41, 5.74) is 2.37. The van der Waals surface area contributed by atoms with Crippen LogP contribution in [0.2, 0.25) is 0 Å². The monoisotopic (exact) mass is 222 g/mol. The molecule has 88 valence electrons. The molecular weight excluding hydrogens is 204 g/mol. The lowest BCUT2D eigenvalue weighted by Crippen LogP contribution is -2.07. The third-order valence-electron chi connectivity index (χ3n) is 2.77. The van der Waals surface area contributed by atoms with E-state index >= 15 is 0 Å². The summed E-state index contributed by atoms with van der Waals surface area (Å²) in [7, 11) is 0. The maximum absolute atomic E-state index is 9.49. The number of benzene rings is 1. The summed E-state index contributed by atoms with van der Waals surface area (Å²) in [5, 5.41) is 9.49. The van der Waals surface area contributed by atoms with E-state index in [4.69, 9.17) is 9.47 Å². The van der Waals surface area contributed by atoms with E-state index in [0.717, 1.165) is 17.1 Å². The van der Waals surface area contributed by atoms with Crippen molar-refractivity contribution < 1.29 is 14.6 Å². The Hall–Kier alpha value is -1.22. The zero-order valence-corrected chi connectivity index (χ0v) is 9.99. The van der Waals surface area contributed by atoms with Gasteiger partial charge >= 0.3 is 0 Å². The zero-order chi connectivity index (χ0) is 11.7. The summed E-state index contributed by atoms with van der Waals surface area (Å²) in [5.74, 6) is 2.03. The number of aliphatic hydroxyl groups excluding tert-OH is 1. The summed E-state index contributed by atoms with van der Waals surface area (Å²) in [4.78, 5) is 0. The SMILES string of the molecule is CC(O)Cc1cc2c(cc1C(C)C)OCO2. The highest BCUT2D eigenvalue weighted by Crippen LogP contribution is 2.37. The quantitative estimate of drug-likeness (QED) is 0.853. The molecule has 0 radical (unpaired) electrons. The van der Waals surface area contributed by atoms with Gasteiger partial charge in [0.15, 0.2) is 11.5 Å². The number of fused-ring (bicyclic) bond motifs is 1. The first-order chi connectivity index (χ1) is 7.58. The molecule has 1 atom stereocenters. The van der Waals surface area contributed by atoms with Crippen molar-refractivity contribution in [1.82, 2.24) is 0 Å². The van der Waals surface area contributed by atoms with Crippen LogP contribution in [-0.4, -0.2) is 18.0 Å². The van der Waals surface area contributed by atoms with Crippen LogP contribution >= 0.6 is 0 Å². The van der Waals surface area contributed by atoms with Crippen molar-refractivity contribution >= 4 is 0 Å². The lowest BCUT2D eigenvalue weighted by atomic mass is 9.93. The van der Waals surface area contributed by atoms with E-state index in [9.17, 15) is 5.11 Å². The molecule has 2 rings (SSSR count). The van der Waals surface area contributed by atoms with Crippen molar-refractivity contribution in [3.05, 3.63) is 23.3 Å². The van der Waals surface area contributed by atoms with Crippen LogP contribution < -0.4 is 9.47 Å². The summed E-state index contributed by atoms with van der Waals surface area (Å²) < 4.78 is 10.7. The van der Waals surface area contributed by atoms with Gasteiger partial charge in [0.25, 0.3) is 0 Å². The van der Waals surface area contributed by atoms with Gasteiger partial charge in [0.2, 0.25) is 6.79 Å². The third-order valence-corrected chi connectivity index (χ3v) is 2.77. The molecule has 0 aromatic heterocycles. The molecule has 1 aromatic rings. The summed E-state index contributed by atoms with van der Waals surface area (Å²) >= 11 is 0. The summed E-state index contributed by atoms with van der Waals surface area (Å²) in [6.45, 7) is 6.38. The van der Waals surface area contributed by atoms with Crippen LogP contribution in [0.15, 0.2) is 12.1 Å². The molecule has 0 fully saturated rings. The van der Waals surface area contributed by atoms with Gasteiger partial charge in [-0.3, -0.25) is 0 Å². The number of hydrogen-bond donors (Lipinski definition) is 1. The predicted molar refractivity (Wildman–Crippen MR) is 62.0 cm³/mol. The molecule has 0 bridgehead atoms. The first-order valence-electron chi connectivity index (χ1n) is 5.68. The van der Waals surface area contributed by atoms with Crippen LogP contribution in [0.4, 0.5) is 0 Å². The Morgan fingerprint density at radius 1 is 1.19 bits per heavy atom. The van der Waals surface area contributed by atoms with Crippen molar-refractivity contribution in [3.63, 3.8) is 0 Å². The smallest absolute Gasteiger partial charge is 0.231 e. The average molecular weight is 222 g/mol. The summed E-state index contributed by atoms with van der Waals surface area (Å²) in [6.07, 6.45) is 0.322. The Labute approximate surface area is 96.0 Å². The molecular formula is C13H18O3. The minimum atomic E-state index is -0.335. The fourth-order valence-corrected chi connectivity index (χ4v) is 2.03. The largest absolute Gasteiger partial charge is 0.454 e. The van der Waals surface area contributed by atoms with Crippen molar-refractivity contribution in [2.45, 2.75) is 39.2 Å². The maximum Gasteiger partial charge on any atom is 0.231 e. The van der Waals surface area contributed by atoms with Crippen LogP contribution in [-0.2, 0) is 6.42 Å². The maximum atomic E-state index is 9.49. The van der Waals surface area contributed by atoms with Crippen LogP contribution in [0.1, 0.15) is 37.8 Å².